The number of hydrogen-bond acceptors (Lipinski definition) is 4. The molecule has 0 saturated carbocycles. The molecule has 0 aliphatic carbocycles. The van der Waals surface area contributed by atoms with Crippen molar-refractivity contribution >= 4 is 5.96 Å². The molecule has 2 aromatic rings. The maximum atomic E-state index is 5.93. The quantitative estimate of drug-likeness (QED) is 0.511. The normalized spacial score (nSPS) is 13.7. The SMILES string of the molecule is CN=C(NCC(C)Cn1nc(C)cc1C)NCC(C)Oc1cccc(OC)c1. The first-order valence-electron chi connectivity index (χ1n) is 9.67. The summed E-state index contributed by atoms with van der Waals surface area (Å²) in [6.07, 6.45) is -0.0159. The van der Waals surface area contributed by atoms with E-state index in [2.05, 4.69) is 45.3 Å². The molecule has 0 saturated heterocycles. The Kier molecular flexibility index (Phi) is 8.17. The molecule has 0 aliphatic rings. The molecule has 0 amide bonds. The number of methoxy groups -OCH3 is 1. The van der Waals surface area contributed by atoms with Gasteiger partial charge in [-0.05, 0) is 44.9 Å². The van der Waals surface area contributed by atoms with Crippen molar-refractivity contribution in [3.63, 3.8) is 0 Å². The summed E-state index contributed by atoms with van der Waals surface area (Å²) in [7, 11) is 3.42. The van der Waals surface area contributed by atoms with Crippen molar-refractivity contribution in [1.29, 1.82) is 0 Å². The Labute approximate surface area is 168 Å². The summed E-state index contributed by atoms with van der Waals surface area (Å²) in [6.45, 7) is 10.7. The van der Waals surface area contributed by atoms with E-state index < -0.39 is 0 Å². The summed E-state index contributed by atoms with van der Waals surface area (Å²) in [5.74, 6) is 2.75. The highest BCUT2D eigenvalue weighted by atomic mass is 16.5. The van der Waals surface area contributed by atoms with Crippen LogP contribution < -0.4 is 20.1 Å². The maximum Gasteiger partial charge on any atom is 0.191 e. The zero-order valence-electron chi connectivity index (χ0n) is 17.8. The first-order chi connectivity index (χ1) is 13.4. The molecule has 154 valence electrons. The lowest BCUT2D eigenvalue weighted by molar-refractivity contribution is 0.223. The van der Waals surface area contributed by atoms with Crippen molar-refractivity contribution in [1.82, 2.24) is 20.4 Å². The van der Waals surface area contributed by atoms with E-state index in [0.717, 1.165) is 36.2 Å². The average molecular weight is 388 g/mol. The minimum absolute atomic E-state index is 0.0159. The lowest BCUT2D eigenvalue weighted by Crippen LogP contribution is -2.43. The van der Waals surface area contributed by atoms with E-state index in [-0.39, 0.29) is 6.10 Å². The van der Waals surface area contributed by atoms with Crippen LogP contribution in [0.4, 0.5) is 0 Å². The fourth-order valence-electron chi connectivity index (χ4n) is 2.90. The molecule has 1 aromatic heterocycles. The number of aliphatic imine (C=N–C) groups is 1. The molecule has 7 heteroatoms. The standard InChI is InChI=1S/C21H33N5O2/c1-15(14-26-17(3)10-16(2)25-26)12-23-21(22-5)24-13-18(4)28-20-9-7-8-19(11-20)27-6/h7-11,15,18H,12-14H2,1-6H3,(H2,22,23,24). The largest absolute Gasteiger partial charge is 0.497 e. The molecule has 0 fully saturated rings. The van der Waals surface area contributed by atoms with Crippen LogP contribution in [0.25, 0.3) is 0 Å². The molecule has 0 bridgehead atoms. The smallest absolute Gasteiger partial charge is 0.191 e. The van der Waals surface area contributed by atoms with Gasteiger partial charge in [0.25, 0.3) is 0 Å². The maximum absolute atomic E-state index is 5.93. The zero-order valence-corrected chi connectivity index (χ0v) is 17.8. The second kappa shape index (κ2) is 10.6. The Balaban J connectivity index is 1.75. The van der Waals surface area contributed by atoms with E-state index in [0.29, 0.717) is 12.5 Å². The third kappa shape index (κ3) is 6.79. The number of benzene rings is 1. The highest BCUT2D eigenvalue weighted by Crippen LogP contribution is 2.19. The predicted octanol–water partition coefficient (Wildman–Crippen LogP) is 2.78. The fraction of sp³-hybridized carbons (Fsp3) is 0.524. The van der Waals surface area contributed by atoms with Gasteiger partial charge in [-0.15, -0.1) is 0 Å². The first-order valence-corrected chi connectivity index (χ1v) is 9.67. The van der Waals surface area contributed by atoms with Crippen molar-refractivity contribution < 1.29 is 9.47 Å². The third-order valence-corrected chi connectivity index (χ3v) is 4.36. The topological polar surface area (TPSA) is 72.7 Å². The van der Waals surface area contributed by atoms with Crippen molar-refractivity contribution in [2.24, 2.45) is 10.9 Å². The van der Waals surface area contributed by atoms with Gasteiger partial charge in [-0.2, -0.15) is 5.10 Å². The molecule has 1 aromatic carbocycles. The minimum Gasteiger partial charge on any atom is -0.497 e. The van der Waals surface area contributed by atoms with Crippen LogP contribution in [-0.2, 0) is 6.54 Å². The summed E-state index contributed by atoms with van der Waals surface area (Å²) < 4.78 is 13.2. The Hall–Kier alpha value is -2.70. The molecule has 28 heavy (non-hydrogen) atoms. The number of nitrogens with one attached hydrogen (secondary N) is 2. The van der Waals surface area contributed by atoms with Gasteiger partial charge in [-0.1, -0.05) is 13.0 Å². The van der Waals surface area contributed by atoms with Crippen LogP contribution in [0.3, 0.4) is 0 Å². The number of nitrogens with zero attached hydrogens (tertiary/aromatic N) is 3. The van der Waals surface area contributed by atoms with Gasteiger partial charge in [0, 0.05) is 31.9 Å². The van der Waals surface area contributed by atoms with Gasteiger partial charge in [0.2, 0.25) is 0 Å². The lowest BCUT2D eigenvalue weighted by atomic mass is 10.2. The van der Waals surface area contributed by atoms with Crippen LogP contribution in [0.5, 0.6) is 11.5 Å². The van der Waals surface area contributed by atoms with E-state index in [4.69, 9.17) is 9.47 Å². The van der Waals surface area contributed by atoms with E-state index >= 15 is 0 Å². The van der Waals surface area contributed by atoms with Gasteiger partial charge in [-0.3, -0.25) is 9.67 Å². The summed E-state index contributed by atoms with van der Waals surface area (Å²) in [5, 5.41) is 11.2. The fourth-order valence-corrected chi connectivity index (χ4v) is 2.90. The van der Waals surface area contributed by atoms with Gasteiger partial charge in [0.05, 0.1) is 19.3 Å². The number of aromatic nitrogens is 2. The first kappa shape index (κ1) is 21.6. The summed E-state index contributed by atoms with van der Waals surface area (Å²) in [5.41, 5.74) is 2.25. The monoisotopic (exact) mass is 387 g/mol. The highest BCUT2D eigenvalue weighted by molar-refractivity contribution is 5.79. The van der Waals surface area contributed by atoms with Crippen molar-refractivity contribution in [2.45, 2.75) is 40.3 Å². The number of ether oxygens (including phenoxy) is 2. The van der Waals surface area contributed by atoms with E-state index in [1.807, 2.05) is 38.1 Å². The Morgan fingerprint density at radius 2 is 1.86 bits per heavy atom. The lowest BCUT2D eigenvalue weighted by Gasteiger charge is -2.19. The molecule has 2 unspecified atom stereocenters. The van der Waals surface area contributed by atoms with Crippen LogP contribution in [-0.4, -0.2) is 49.1 Å². The number of aryl methyl sites for hydroxylation is 2. The molecular weight excluding hydrogens is 354 g/mol. The predicted molar refractivity (Wildman–Crippen MR) is 113 cm³/mol. The molecule has 2 rings (SSSR count). The minimum atomic E-state index is -0.0159. The molecule has 0 radical (unpaired) electrons. The Morgan fingerprint density at radius 3 is 2.50 bits per heavy atom. The van der Waals surface area contributed by atoms with Gasteiger partial charge in [0.15, 0.2) is 5.96 Å². The molecule has 2 N–H and O–H groups in total. The second-order valence-corrected chi connectivity index (χ2v) is 7.16. The zero-order chi connectivity index (χ0) is 20.5. The van der Waals surface area contributed by atoms with Crippen LogP contribution in [0, 0.1) is 19.8 Å². The average Bonchev–Trinajstić information content (AvgIpc) is 2.98. The van der Waals surface area contributed by atoms with Crippen LogP contribution in [0.1, 0.15) is 25.2 Å². The second-order valence-electron chi connectivity index (χ2n) is 7.16. The molecular formula is C21H33N5O2. The molecule has 7 nitrogen and oxygen atoms in total. The summed E-state index contributed by atoms with van der Waals surface area (Å²) in [4.78, 5) is 4.29. The van der Waals surface area contributed by atoms with Gasteiger partial charge >= 0.3 is 0 Å². The van der Waals surface area contributed by atoms with Crippen LogP contribution in [0.15, 0.2) is 35.3 Å². The van der Waals surface area contributed by atoms with Crippen molar-refractivity contribution in [2.75, 3.05) is 27.2 Å². The molecule has 1 heterocycles. The third-order valence-electron chi connectivity index (χ3n) is 4.36. The molecule has 0 aliphatic heterocycles. The molecule has 2 atom stereocenters. The Bertz CT molecular complexity index is 772. The van der Waals surface area contributed by atoms with E-state index in [1.54, 1.807) is 14.2 Å². The van der Waals surface area contributed by atoms with E-state index in [1.165, 1.54) is 5.69 Å². The number of guanidine groups is 1. The number of rotatable bonds is 9. The summed E-state index contributed by atoms with van der Waals surface area (Å²) in [6, 6.07) is 9.72. The van der Waals surface area contributed by atoms with Gasteiger partial charge in [-0.25, -0.2) is 0 Å². The van der Waals surface area contributed by atoms with Gasteiger partial charge < -0.3 is 20.1 Å². The van der Waals surface area contributed by atoms with Crippen molar-refractivity contribution in [3.05, 3.63) is 41.7 Å². The Morgan fingerprint density at radius 1 is 1.14 bits per heavy atom. The van der Waals surface area contributed by atoms with Crippen LogP contribution >= 0.6 is 0 Å². The van der Waals surface area contributed by atoms with E-state index in [9.17, 15) is 0 Å². The van der Waals surface area contributed by atoms with Crippen LogP contribution in [0.2, 0.25) is 0 Å². The van der Waals surface area contributed by atoms with Gasteiger partial charge in [0.1, 0.15) is 17.6 Å². The summed E-state index contributed by atoms with van der Waals surface area (Å²) >= 11 is 0. The van der Waals surface area contributed by atoms with Crippen molar-refractivity contribution in [3.8, 4) is 11.5 Å². The molecule has 0 spiro atoms. The number of hydrogen-bond donors (Lipinski definition) is 2. The highest BCUT2D eigenvalue weighted by Gasteiger charge is 2.10.